The Morgan fingerprint density at radius 2 is 1.94 bits per heavy atom. The van der Waals surface area contributed by atoms with Crippen molar-refractivity contribution < 1.29 is 18.6 Å². The smallest absolute Gasteiger partial charge is 0.319 e. The van der Waals surface area contributed by atoms with Crippen LogP contribution >= 0.6 is 0 Å². The molecule has 242 valence electrons. The summed E-state index contributed by atoms with van der Waals surface area (Å²) >= 11 is 0. The minimum atomic E-state index is -0.749. The van der Waals surface area contributed by atoms with E-state index in [9.17, 15) is 14.8 Å². The molecule has 2 saturated heterocycles. The van der Waals surface area contributed by atoms with Gasteiger partial charge in [0.1, 0.15) is 28.6 Å². The lowest BCUT2D eigenvalue weighted by molar-refractivity contribution is 0.0133. The van der Waals surface area contributed by atoms with Gasteiger partial charge in [0.2, 0.25) is 0 Å². The molecule has 2 aromatic heterocycles. The van der Waals surface area contributed by atoms with Crippen LogP contribution in [0.5, 0.6) is 11.8 Å². The average molecular weight is 637 g/mol. The second-order valence-electron chi connectivity index (χ2n) is 14.0. The minimum absolute atomic E-state index is 0.0129. The maximum atomic E-state index is 16.9. The number of aromatic hydroxyl groups is 1. The number of hydrogen-bond acceptors (Lipinski definition) is 8. The number of halogens is 2. The molecule has 3 unspecified atom stereocenters. The van der Waals surface area contributed by atoms with Crippen LogP contribution in [0.4, 0.5) is 14.6 Å². The van der Waals surface area contributed by atoms with Gasteiger partial charge >= 0.3 is 6.01 Å². The molecule has 0 bridgehead atoms. The maximum Gasteiger partial charge on any atom is 0.319 e. The third-order valence-electron chi connectivity index (χ3n) is 10.7. The van der Waals surface area contributed by atoms with Crippen LogP contribution in [0.1, 0.15) is 63.9 Å². The predicted molar refractivity (Wildman–Crippen MR) is 177 cm³/mol. The van der Waals surface area contributed by atoms with E-state index in [-0.39, 0.29) is 50.3 Å². The normalized spacial score (nSPS) is 24.6. The molecule has 0 spiro atoms. The molecule has 2 aliphatic heterocycles. The standard InChI is InChI=1S/C37H38F2N6O2/c1-4-25-28(38)10-9-23-18-24(46)19-26(30(23)25)32-31(39)33-27(20-41-32)34(45-17-6-11-36(2,21-45)14-15-40)43-35(42-33)47-22-37-12-5-8-29(37)44(3)16-7-13-37/h1,9-10,18-20,29,46H,5-8,11-14,16-17,21-22H2,2-3H3. The number of pyridine rings is 1. The summed E-state index contributed by atoms with van der Waals surface area (Å²) < 4.78 is 38.2. The quantitative estimate of drug-likeness (QED) is 0.227. The largest absolute Gasteiger partial charge is 0.508 e. The lowest BCUT2D eigenvalue weighted by Crippen LogP contribution is -2.50. The van der Waals surface area contributed by atoms with Crippen molar-refractivity contribution in [2.24, 2.45) is 10.8 Å². The van der Waals surface area contributed by atoms with E-state index in [0.717, 1.165) is 51.5 Å². The zero-order chi connectivity index (χ0) is 32.9. The van der Waals surface area contributed by atoms with Crippen LogP contribution < -0.4 is 9.64 Å². The van der Waals surface area contributed by atoms with Gasteiger partial charge in [-0.3, -0.25) is 4.98 Å². The Kier molecular flexibility index (Phi) is 7.88. The summed E-state index contributed by atoms with van der Waals surface area (Å²) in [6.45, 7) is 4.83. The van der Waals surface area contributed by atoms with E-state index in [1.54, 1.807) is 0 Å². The third-order valence-corrected chi connectivity index (χ3v) is 10.7. The van der Waals surface area contributed by atoms with Gasteiger partial charge in [0.25, 0.3) is 0 Å². The summed E-state index contributed by atoms with van der Waals surface area (Å²) in [7, 11) is 2.18. The number of fused-ring (bicyclic) bond motifs is 3. The van der Waals surface area contributed by atoms with Gasteiger partial charge in [-0.1, -0.05) is 25.3 Å². The first kappa shape index (κ1) is 31.1. The predicted octanol–water partition coefficient (Wildman–Crippen LogP) is 6.97. The van der Waals surface area contributed by atoms with E-state index in [4.69, 9.17) is 16.1 Å². The zero-order valence-corrected chi connectivity index (χ0v) is 26.8. The van der Waals surface area contributed by atoms with Crippen LogP contribution in [0, 0.1) is 46.1 Å². The van der Waals surface area contributed by atoms with Crippen molar-refractivity contribution in [1.29, 1.82) is 5.26 Å². The molecule has 47 heavy (non-hydrogen) atoms. The van der Waals surface area contributed by atoms with E-state index >= 15 is 4.39 Å². The first-order chi connectivity index (χ1) is 22.6. The van der Waals surface area contributed by atoms with Crippen LogP contribution in [0.3, 0.4) is 0 Å². The van der Waals surface area contributed by atoms with Crippen molar-refractivity contribution in [2.75, 3.05) is 38.2 Å². The van der Waals surface area contributed by atoms with E-state index in [1.165, 1.54) is 30.5 Å². The maximum absolute atomic E-state index is 16.9. The topological polar surface area (TPSA) is 98.4 Å². The average Bonchev–Trinajstić information content (AvgIpc) is 3.49. The summed E-state index contributed by atoms with van der Waals surface area (Å²) in [4.78, 5) is 18.6. The Morgan fingerprint density at radius 1 is 1.13 bits per heavy atom. The Morgan fingerprint density at radius 3 is 2.74 bits per heavy atom. The highest BCUT2D eigenvalue weighted by Gasteiger charge is 2.47. The van der Waals surface area contributed by atoms with E-state index in [0.29, 0.717) is 48.7 Å². The first-order valence-corrected chi connectivity index (χ1v) is 16.4. The van der Waals surface area contributed by atoms with Crippen molar-refractivity contribution in [3.8, 4) is 41.4 Å². The number of nitriles is 1. The van der Waals surface area contributed by atoms with Gasteiger partial charge in [0.15, 0.2) is 5.82 Å². The van der Waals surface area contributed by atoms with Gasteiger partial charge in [0, 0.05) is 48.1 Å². The molecule has 4 aromatic rings. The summed E-state index contributed by atoms with van der Waals surface area (Å²) in [6, 6.07) is 8.35. The summed E-state index contributed by atoms with van der Waals surface area (Å²) in [6.07, 6.45) is 14.8. The molecular weight excluding hydrogens is 598 g/mol. The molecule has 8 nitrogen and oxygen atoms in total. The molecule has 1 saturated carbocycles. The molecular formula is C37H38F2N6O2. The third kappa shape index (κ3) is 5.39. The molecule has 3 aliphatic rings. The Labute approximate surface area is 273 Å². The summed E-state index contributed by atoms with van der Waals surface area (Å²) in [5.41, 5.74) is -0.256. The van der Waals surface area contributed by atoms with Crippen LogP contribution in [0.2, 0.25) is 0 Å². The lowest BCUT2D eigenvalue weighted by Gasteiger charge is -2.44. The Balaban J connectivity index is 1.38. The van der Waals surface area contributed by atoms with Crippen LogP contribution in [0.25, 0.3) is 32.9 Å². The number of aromatic nitrogens is 3. The van der Waals surface area contributed by atoms with Gasteiger partial charge in [-0.25, -0.2) is 8.78 Å². The number of benzene rings is 2. The number of anilines is 1. The zero-order valence-electron chi connectivity index (χ0n) is 26.8. The molecule has 4 heterocycles. The fourth-order valence-electron chi connectivity index (χ4n) is 8.48. The van der Waals surface area contributed by atoms with Crippen molar-refractivity contribution in [1.82, 2.24) is 19.9 Å². The number of piperidine rings is 2. The van der Waals surface area contributed by atoms with Crippen molar-refractivity contribution >= 4 is 27.5 Å². The molecule has 3 fully saturated rings. The molecule has 0 amide bonds. The molecule has 1 N–H and O–H groups in total. The lowest BCUT2D eigenvalue weighted by atomic mass is 9.76. The van der Waals surface area contributed by atoms with Gasteiger partial charge in [-0.05, 0) is 81.1 Å². The molecule has 10 heteroatoms. The highest BCUT2D eigenvalue weighted by atomic mass is 19.1. The van der Waals surface area contributed by atoms with Crippen LogP contribution in [-0.4, -0.2) is 64.3 Å². The number of nitrogens with zero attached hydrogens (tertiary/aromatic N) is 6. The number of likely N-dealkylation sites (tertiary alicyclic amines) is 1. The van der Waals surface area contributed by atoms with Gasteiger partial charge in [-0.2, -0.15) is 15.2 Å². The monoisotopic (exact) mass is 636 g/mol. The second kappa shape index (κ2) is 11.9. The number of phenolic OH excluding ortho intramolecular Hbond substituents is 1. The minimum Gasteiger partial charge on any atom is -0.508 e. The summed E-state index contributed by atoms with van der Waals surface area (Å²) in [5.74, 6) is 1.38. The van der Waals surface area contributed by atoms with Crippen molar-refractivity contribution in [3.05, 3.63) is 47.7 Å². The Hall–Kier alpha value is -4.54. The van der Waals surface area contributed by atoms with E-state index in [1.807, 2.05) is 0 Å². The van der Waals surface area contributed by atoms with Gasteiger partial charge < -0.3 is 19.6 Å². The first-order valence-electron chi connectivity index (χ1n) is 16.4. The molecule has 7 rings (SSSR count). The molecule has 3 atom stereocenters. The summed E-state index contributed by atoms with van der Waals surface area (Å²) in [5, 5.41) is 21.2. The van der Waals surface area contributed by atoms with E-state index < -0.39 is 11.6 Å². The fraction of sp³-hybridized carbons (Fsp3) is 0.459. The fourth-order valence-corrected chi connectivity index (χ4v) is 8.48. The van der Waals surface area contributed by atoms with Gasteiger partial charge in [0.05, 0.1) is 23.6 Å². The van der Waals surface area contributed by atoms with Crippen molar-refractivity contribution in [3.63, 3.8) is 0 Å². The Bertz CT molecular complexity index is 1970. The SMILES string of the molecule is C#Cc1c(F)ccc2cc(O)cc(-c3ncc4c(N5CCCC(C)(CC#N)C5)nc(OCC56CCCC5N(C)CCC6)nc4c3F)c12. The van der Waals surface area contributed by atoms with E-state index in [2.05, 4.69) is 45.7 Å². The molecule has 0 radical (unpaired) electrons. The molecule has 2 aromatic carbocycles. The number of ether oxygens (including phenoxy) is 1. The van der Waals surface area contributed by atoms with Crippen molar-refractivity contribution in [2.45, 2.75) is 64.3 Å². The highest BCUT2D eigenvalue weighted by Crippen LogP contribution is 2.48. The number of rotatable bonds is 6. The number of hydrogen-bond donors (Lipinski definition) is 1. The number of terminal acetylenes is 1. The molecule has 1 aliphatic carbocycles. The van der Waals surface area contributed by atoms with Crippen LogP contribution in [-0.2, 0) is 0 Å². The van der Waals surface area contributed by atoms with Gasteiger partial charge in [-0.15, -0.1) is 6.42 Å². The highest BCUT2D eigenvalue weighted by molar-refractivity contribution is 6.03. The number of phenols is 1. The van der Waals surface area contributed by atoms with Crippen LogP contribution in [0.15, 0.2) is 30.5 Å². The second-order valence-corrected chi connectivity index (χ2v) is 14.0.